The molecule has 0 radical (unpaired) electrons. The van der Waals surface area contributed by atoms with Gasteiger partial charge in [0.25, 0.3) is 0 Å². The van der Waals surface area contributed by atoms with E-state index in [1.165, 1.54) is 0 Å². The van der Waals surface area contributed by atoms with Crippen LogP contribution in [0.15, 0.2) is 22.8 Å². The molecule has 0 spiro atoms. The van der Waals surface area contributed by atoms with Gasteiger partial charge in [0.1, 0.15) is 6.54 Å². The van der Waals surface area contributed by atoms with E-state index in [1.54, 1.807) is 18.2 Å². The third-order valence-electron chi connectivity index (χ3n) is 2.70. The number of carbonyl (C=O) groups is 1. The molecule has 0 atom stereocenters. The zero-order valence-electron chi connectivity index (χ0n) is 11.2. The van der Waals surface area contributed by atoms with Gasteiger partial charge < -0.3 is 15.7 Å². The van der Waals surface area contributed by atoms with Crippen molar-refractivity contribution < 1.29 is 14.5 Å². The lowest BCUT2D eigenvalue weighted by molar-refractivity contribution is -0.134. The summed E-state index contributed by atoms with van der Waals surface area (Å²) in [6.07, 6.45) is 0. The Bertz CT molecular complexity index is 884. The molecule has 1 aromatic carbocycles. The van der Waals surface area contributed by atoms with Gasteiger partial charge >= 0.3 is 5.97 Å². The first kappa shape index (κ1) is 15.3. The molecule has 23 heavy (non-hydrogen) atoms. The molecule has 0 fully saturated rings. The number of rotatable bonds is 5. The predicted molar refractivity (Wildman–Crippen MR) is 83.3 cm³/mol. The third kappa shape index (κ3) is 3.41. The summed E-state index contributed by atoms with van der Waals surface area (Å²) in [6, 6.07) is 4.89. The second kappa shape index (κ2) is 6.23. The highest BCUT2D eigenvalue weighted by atomic mass is 35.5. The molecule has 2 heterocycles. The van der Waals surface area contributed by atoms with Gasteiger partial charge in [-0.25, -0.2) is 14.6 Å². The minimum Gasteiger partial charge on any atom is -0.480 e. The third-order valence-corrected chi connectivity index (χ3v) is 3.44. The second-order valence-corrected chi connectivity index (χ2v) is 5.15. The Labute approximate surface area is 138 Å². The highest BCUT2D eigenvalue weighted by Gasteiger charge is 2.14. The highest BCUT2D eigenvalue weighted by molar-refractivity contribution is 6.42. The van der Waals surface area contributed by atoms with Crippen molar-refractivity contribution >= 4 is 57.8 Å². The van der Waals surface area contributed by atoms with Crippen LogP contribution in [0.3, 0.4) is 0 Å². The lowest BCUT2D eigenvalue weighted by Gasteiger charge is -2.11. The monoisotopic (exact) mass is 354 g/mol. The Morgan fingerprint density at radius 1 is 1.13 bits per heavy atom. The molecule has 0 aliphatic heterocycles. The molecule has 0 aliphatic carbocycles. The van der Waals surface area contributed by atoms with Crippen molar-refractivity contribution in [2.45, 2.75) is 0 Å². The quantitative estimate of drug-likeness (QED) is 0.633. The van der Waals surface area contributed by atoms with Crippen LogP contribution in [0.5, 0.6) is 0 Å². The van der Waals surface area contributed by atoms with Crippen LogP contribution >= 0.6 is 23.2 Å². The van der Waals surface area contributed by atoms with Crippen molar-refractivity contribution in [2.24, 2.45) is 0 Å². The highest BCUT2D eigenvalue weighted by Crippen LogP contribution is 2.28. The van der Waals surface area contributed by atoms with Crippen LogP contribution < -0.4 is 10.6 Å². The zero-order chi connectivity index (χ0) is 16.4. The Morgan fingerprint density at radius 3 is 2.48 bits per heavy atom. The van der Waals surface area contributed by atoms with E-state index in [4.69, 9.17) is 28.3 Å². The van der Waals surface area contributed by atoms with Crippen molar-refractivity contribution in [3.05, 3.63) is 28.2 Å². The van der Waals surface area contributed by atoms with Crippen LogP contribution in [0, 0.1) is 0 Å². The van der Waals surface area contributed by atoms with Gasteiger partial charge in [0, 0.05) is 5.69 Å². The molecule has 11 heteroatoms. The topological polar surface area (TPSA) is 126 Å². The number of anilines is 3. The largest absolute Gasteiger partial charge is 0.480 e. The molecule has 0 saturated heterocycles. The van der Waals surface area contributed by atoms with Crippen LogP contribution in [0.4, 0.5) is 17.3 Å². The number of nitrogens with one attached hydrogen (secondary N) is 2. The van der Waals surface area contributed by atoms with Crippen LogP contribution in [0.2, 0.25) is 10.0 Å². The van der Waals surface area contributed by atoms with Gasteiger partial charge in [0.2, 0.25) is 11.3 Å². The van der Waals surface area contributed by atoms with Crippen molar-refractivity contribution in [2.75, 3.05) is 17.2 Å². The minimum absolute atomic E-state index is 0.151. The number of hydrogen-bond donors (Lipinski definition) is 3. The summed E-state index contributed by atoms with van der Waals surface area (Å²) >= 11 is 11.8. The number of halogens is 2. The standard InChI is InChI=1S/C12H8Cl2N6O3/c13-6-2-1-5(3-7(6)14)16-10-9(15-4-8(21)22)17-11-12(18-10)20-23-19-11/h1-3H,4H2,(H,21,22)(H,15,17,19)(H,16,18,20). The normalized spacial score (nSPS) is 10.7. The predicted octanol–water partition coefficient (Wildman–Crippen LogP) is 2.56. The summed E-state index contributed by atoms with van der Waals surface area (Å²) in [5.41, 5.74) is 0.911. The van der Waals surface area contributed by atoms with Gasteiger partial charge in [-0.05, 0) is 28.5 Å². The molecule has 3 aromatic rings. The van der Waals surface area contributed by atoms with Crippen molar-refractivity contribution in [3.63, 3.8) is 0 Å². The summed E-state index contributed by atoms with van der Waals surface area (Å²) < 4.78 is 4.55. The van der Waals surface area contributed by atoms with E-state index in [0.29, 0.717) is 15.7 Å². The minimum atomic E-state index is -1.05. The van der Waals surface area contributed by atoms with Gasteiger partial charge in [-0.3, -0.25) is 4.79 Å². The summed E-state index contributed by atoms with van der Waals surface area (Å²) in [7, 11) is 0. The van der Waals surface area contributed by atoms with E-state index in [0.717, 1.165) is 0 Å². The fourth-order valence-corrected chi connectivity index (χ4v) is 2.02. The first-order valence-corrected chi connectivity index (χ1v) is 6.96. The van der Waals surface area contributed by atoms with Gasteiger partial charge in [0.05, 0.1) is 10.0 Å². The van der Waals surface area contributed by atoms with Crippen LogP contribution in [-0.4, -0.2) is 37.9 Å². The van der Waals surface area contributed by atoms with E-state index < -0.39 is 5.97 Å². The average Bonchev–Trinajstić information content (AvgIpc) is 2.95. The molecule has 118 valence electrons. The van der Waals surface area contributed by atoms with Gasteiger partial charge in [-0.1, -0.05) is 23.2 Å². The lowest BCUT2D eigenvalue weighted by Crippen LogP contribution is -2.15. The fraction of sp³-hybridized carbons (Fsp3) is 0.0833. The number of carboxylic acids is 1. The molecule has 2 aromatic heterocycles. The summed E-state index contributed by atoms with van der Waals surface area (Å²) in [5.74, 6) is -0.625. The Morgan fingerprint density at radius 2 is 1.83 bits per heavy atom. The van der Waals surface area contributed by atoms with Gasteiger partial charge in [-0.2, -0.15) is 0 Å². The molecule has 0 unspecified atom stereocenters. The van der Waals surface area contributed by atoms with Gasteiger partial charge in [-0.15, -0.1) is 0 Å². The number of fused-ring (bicyclic) bond motifs is 1. The Balaban J connectivity index is 1.97. The number of nitrogens with zero attached hydrogens (tertiary/aromatic N) is 4. The van der Waals surface area contributed by atoms with Crippen molar-refractivity contribution in [3.8, 4) is 0 Å². The average molecular weight is 355 g/mol. The first-order chi connectivity index (χ1) is 11.0. The molecule has 0 bridgehead atoms. The zero-order valence-corrected chi connectivity index (χ0v) is 12.8. The van der Waals surface area contributed by atoms with E-state index in [1.807, 2.05) is 0 Å². The van der Waals surface area contributed by atoms with Crippen LogP contribution in [-0.2, 0) is 4.79 Å². The molecule has 0 aliphatic rings. The maximum atomic E-state index is 10.7. The molecule has 0 amide bonds. The van der Waals surface area contributed by atoms with Crippen LogP contribution in [0.1, 0.15) is 0 Å². The lowest BCUT2D eigenvalue weighted by atomic mass is 10.3. The van der Waals surface area contributed by atoms with E-state index in [-0.39, 0.29) is 29.5 Å². The number of hydrogen-bond acceptors (Lipinski definition) is 8. The molecule has 0 saturated carbocycles. The molecular formula is C12H8Cl2N6O3. The Kier molecular flexibility index (Phi) is 4.13. The number of aliphatic carboxylic acids is 1. The molecule has 3 rings (SSSR count). The summed E-state index contributed by atoms with van der Waals surface area (Å²) in [5, 5.41) is 22.3. The van der Waals surface area contributed by atoms with Gasteiger partial charge in [0.15, 0.2) is 11.6 Å². The SMILES string of the molecule is O=C(O)CNc1nc2nonc2nc1Nc1ccc(Cl)c(Cl)c1. The van der Waals surface area contributed by atoms with E-state index in [2.05, 4.69) is 35.5 Å². The number of carboxylic acid groups (broad SMARTS) is 1. The van der Waals surface area contributed by atoms with E-state index in [9.17, 15) is 4.79 Å². The summed E-state index contributed by atoms with van der Waals surface area (Å²) in [6.45, 7) is -0.346. The number of aromatic nitrogens is 4. The van der Waals surface area contributed by atoms with E-state index >= 15 is 0 Å². The Hall–Kier alpha value is -2.65. The second-order valence-electron chi connectivity index (χ2n) is 4.33. The smallest absolute Gasteiger partial charge is 0.322 e. The van der Waals surface area contributed by atoms with Crippen LogP contribution in [0.25, 0.3) is 11.3 Å². The van der Waals surface area contributed by atoms with Crippen molar-refractivity contribution in [1.29, 1.82) is 0 Å². The molecular weight excluding hydrogens is 347 g/mol. The molecule has 3 N–H and O–H groups in total. The maximum Gasteiger partial charge on any atom is 0.322 e. The summed E-state index contributed by atoms with van der Waals surface area (Å²) in [4.78, 5) is 19.0. The van der Waals surface area contributed by atoms with Crippen molar-refractivity contribution in [1.82, 2.24) is 20.3 Å². The first-order valence-electron chi connectivity index (χ1n) is 6.21. The number of benzene rings is 1. The maximum absolute atomic E-state index is 10.7. The molecule has 9 nitrogen and oxygen atoms in total. The fourth-order valence-electron chi connectivity index (χ4n) is 1.72.